The molecule has 0 amide bonds. The van der Waals surface area contributed by atoms with Crippen molar-refractivity contribution < 1.29 is 38.1 Å². The van der Waals surface area contributed by atoms with E-state index in [-0.39, 0.29) is 39.6 Å². The predicted octanol–water partition coefficient (Wildman–Crippen LogP) is -0.902. The van der Waals surface area contributed by atoms with Gasteiger partial charge in [0, 0.05) is 6.92 Å². The van der Waals surface area contributed by atoms with Crippen molar-refractivity contribution in [3.05, 3.63) is 6.92 Å². The summed E-state index contributed by atoms with van der Waals surface area (Å²) in [4.78, 5) is 42.3. The van der Waals surface area contributed by atoms with E-state index in [1.807, 2.05) is 0 Å². The van der Waals surface area contributed by atoms with Crippen molar-refractivity contribution in [1.29, 1.82) is 0 Å². The number of ether oxygens (including phenoxy) is 4. The van der Waals surface area contributed by atoms with E-state index in [9.17, 15) is 19.2 Å². The van der Waals surface area contributed by atoms with E-state index in [4.69, 9.17) is 9.47 Å². The first kappa shape index (κ1) is 18.1. The minimum Gasteiger partial charge on any atom is -0.458 e. The Balaban J connectivity index is 3.25. The molecule has 112 valence electrons. The molecule has 0 aromatic rings. The van der Waals surface area contributed by atoms with Crippen LogP contribution in [0.25, 0.3) is 0 Å². The van der Waals surface area contributed by atoms with Crippen LogP contribution in [0.2, 0.25) is 0 Å². The van der Waals surface area contributed by atoms with Crippen LogP contribution in [-0.2, 0) is 38.1 Å². The summed E-state index contributed by atoms with van der Waals surface area (Å²) in [6, 6.07) is 0. The van der Waals surface area contributed by atoms with Crippen LogP contribution >= 0.6 is 0 Å². The van der Waals surface area contributed by atoms with Gasteiger partial charge in [0.05, 0.1) is 33.4 Å². The summed E-state index contributed by atoms with van der Waals surface area (Å²) in [7, 11) is 0. The molecule has 0 aromatic heterocycles. The second kappa shape index (κ2) is 10.9. The van der Waals surface area contributed by atoms with Gasteiger partial charge in [-0.2, -0.15) is 0 Å². The Bertz CT molecular complexity index is 315. The zero-order chi connectivity index (χ0) is 15.4. The smallest absolute Gasteiger partial charge is 0.458 e. The molecule has 0 N–H and O–H groups in total. The molecule has 8 nitrogen and oxygen atoms in total. The minimum absolute atomic E-state index is 0.0123. The number of esters is 2. The summed E-state index contributed by atoms with van der Waals surface area (Å²) >= 11 is 0. The predicted molar refractivity (Wildman–Crippen MR) is 64.6 cm³/mol. The van der Waals surface area contributed by atoms with Gasteiger partial charge in [0.15, 0.2) is 0 Å². The molecule has 8 heteroatoms. The van der Waals surface area contributed by atoms with Gasteiger partial charge in [-0.05, 0) is 0 Å². The number of ketones is 2. The van der Waals surface area contributed by atoms with Crippen molar-refractivity contribution in [3.63, 3.8) is 0 Å². The van der Waals surface area contributed by atoms with E-state index in [1.165, 1.54) is 0 Å². The summed E-state index contributed by atoms with van der Waals surface area (Å²) in [6.45, 7) is 4.72. The Morgan fingerprint density at radius 2 is 1.15 bits per heavy atom. The van der Waals surface area contributed by atoms with E-state index in [2.05, 4.69) is 16.4 Å². The quantitative estimate of drug-likeness (QED) is 0.208. The highest BCUT2D eigenvalue weighted by Crippen LogP contribution is 1.85. The van der Waals surface area contributed by atoms with Gasteiger partial charge in [0.2, 0.25) is 5.78 Å². The van der Waals surface area contributed by atoms with Crippen LogP contribution in [-0.4, -0.2) is 63.1 Å². The van der Waals surface area contributed by atoms with Gasteiger partial charge in [-0.1, -0.05) is 0 Å². The summed E-state index contributed by atoms with van der Waals surface area (Å²) in [6.07, 6.45) is 0. The third-order valence-electron chi connectivity index (χ3n) is 1.81. The van der Waals surface area contributed by atoms with Crippen LogP contribution in [0.4, 0.5) is 0 Å². The lowest BCUT2D eigenvalue weighted by atomic mass is 10.5. The van der Waals surface area contributed by atoms with Gasteiger partial charge < -0.3 is 18.9 Å². The third kappa shape index (κ3) is 10.0. The second-order valence-electron chi connectivity index (χ2n) is 3.48. The molecule has 0 aromatic carbocycles. The molecule has 0 saturated carbocycles. The lowest BCUT2D eigenvalue weighted by molar-refractivity contribution is -0.154. The molecule has 20 heavy (non-hydrogen) atoms. The Hall–Kier alpha value is -1.93. The fraction of sp³-hybridized carbons (Fsp3) is 0.583. The van der Waals surface area contributed by atoms with E-state index in [0.29, 0.717) is 0 Å². The first-order valence-corrected chi connectivity index (χ1v) is 5.81. The van der Waals surface area contributed by atoms with Crippen LogP contribution in [0, 0.1) is 6.92 Å². The highest BCUT2D eigenvalue weighted by Gasteiger charge is 2.20. The third-order valence-corrected chi connectivity index (χ3v) is 1.81. The van der Waals surface area contributed by atoms with Crippen LogP contribution < -0.4 is 0 Å². The SMILES string of the molecule is [CH2+]C(=O)C(=O)OCCOCCOCCOC(=O)C(C)=O. The zero-order valence-corrected chi connectivity index (χ0v) is 11.2. The molecule has 0 aliphatic rings. The Morgan fingerprint density at radius 3 is 1.55 bits per heavy atom. The molecule has 0 aliphatic heterocycles. The molecule has 0 radical (unpaired) electrons. The molecular formula is C12H17O8+. The lowest BCUT2D eigenvalue weighted by Gasteiger charge is -2.05. The molecule has 0 heterocycles. The monoisotopic (exact) mass is 289 g/mol. The van der Waals surface area contributed by atoms with Crippen LogP contribution in [0.5, 0.6) is 0 Å². The van der Waals surface area contributed by atoms with Gasteiger partial charge in [0.1, 0.15) is 13.2 Å². The number of hydrogen-bond donors (Lipinski definition) is 0. The molecular weight excluding hydrogens is 272 g/mol. The van der Waals surface area contributed by atoms with Crippen molar-refractivity contribution in [2.75, 3.05) is 39.6 Å². The van der Waals surface area contributed by atoms with E-state index < -0.39 is 23.5 Å². The van der Waals surface area contributed by atoms with Gasteiger partial charge in [-0.25, -0.2) is 9.59 Å². The van der Waals surface area contributed by atoms with E-state index >= 15 is 0 Å². The molecule has 0 aliphatic carbocycles. The number of Topliss-reactive ketones (excluding diaryl/α,β-unsaturated/α-hetero) is 2. The maximum absolute atomic E-state index is 10.7. The molecule has 0 bridgehead atoms. The van der Waals surface area contributed by atoms with Crippen LogP contribution in [0.3, 0.4) is 0 Å². The fourth-order valence-electron chi connectivity index (χ4n) is 0.891. The van der Waals surface area contributed by atoms with E-state index in [1.54, 1.807) is 0 Å². The average Bonchev–Trinajstić information content (AvgIpc) is 2.39. The number of carbonyl (C=O) groups excluding carboxylic acids is 4. The molecule has 0 spiro atoms. The minimum atomic E-state index is -1.00. The fourth-order valence-corrected chi connectivity index (χ4v) is 0.891. The molecule has 0 unspecified atom stereocenters. The first-order valence-electron chi connectivity index (χ1n) is 5.81. The largest absolute Gasteiger partial charge is 0.524 e. The first-order chi connectivity index (χ1) is 9.45. The number of hydrogen-bond acceptors (Lipinski definition) is 8. The Labute approximate surface area is 116 Å². The topological polar surface area (TPSA) is 105 Å². The molecule has 0 fully saturated rings. The summed E-state index contributed by atoms with van der Waals surface area (Å²) in [5.74, 6) is -3.47. The van der Waals surface area contributed by atoms with Crippen LogP contribution in [0.15, 0.2) is 0 Å². The van der Waals surface area contributed by atoms with Crippen molar-refractivity contribution in [2.24, 2.45) is 0 Å². The van der Waals surface area contributed by atoms with Gasteiger partial charge in [0.25, 0.3) is 0 Å². The van der Waals surface area contributed by atoms with Gasteiger partial charge in [-0.3, -0.25) is 4.79 Å². The summed E-state index contributed by atoms with van der Waals surface area (Å²) < 4.78 is 19.1. The normalized spacial score (nSPS) is 9.85. The lowest BCUT2D eigenvalue weighted by Crippen LogP contribution is -2.19. The maximum atomic E-state index is 10.7. The van der Waals surface area contributed by atoms with Crippen molar-refractivity contribution in [2.45, 2.75) is 6.92 Å². The standard InChI is InChI=1S/C12H17O8/c1-9(13)11(15)19-7-5-17-3-4-18-6-8-20-12(16)10(2)14/h1,3-8H2,2H3/q+1. The highest BCUT2D eigenvalue weighted by atomic mass is 16.6. The Morgan fingerprint density at radius 1 is 0.750 bits per heavy atom. The summed E-state index contributed by atoms with van der Waals surface area (Å²) in [5, 5.41) is 0. The number of carbonyl (C=O) groups is 4. The number of rotatable bonds is 11. The van der Waals surface area contributed by atoms with Crippen molar-refractivity contribution in [3.8, 4) is 0 Å². The van der Waals surface area contributed by atoms with Crippen LogP contribution in [0.1, 0.15) is 6.92 Å². The van der Waals surface area contributed by atoms with Crippen molar-refractivity contribution in [1.82, 2.24) is 0 Å². The van der Waals surface area contributed by atoms with Gasteiger partial charge >= 0.3 is 17.7 Å². The molecule has 0 saturated heterocycles. The zero-order valence-electron chi connectivity index (χ0n) is 11.2. The van der Waals surface area contributed by atoms with Crippen molar-refractivity contribution >= 4 is 23.5 Å². The van der Waals surface area contributed by atoms with E-state index in [0.717, 1.165) is 6.92 Å². The highest BCUT2D eigenvalue weighted by molar-refractivity contribution is 6.35. The van der Waals surface area contributed by atoms with Gasteiger partial charge in [-0.15, -0.1) is 4.79 Å². The molecule has 0 rings (SSSR count). The second-order valence-corrected chi connectivity index (χ2v) is 3.48. The maximum Gasteiger partial charge on any atom is 0.524 e. The summed E-state index contributed by atoms with van der Waals surface area (Å²) in [5.41, 5.74) is 0. The Kier molecular flexibility index (Phi) is 9.89. The average molecular weight is 289 g/mol. The molecule has 0 atom stereocenters.